The van der Waals surface area contributed by atoms with Gasteiger partial charge in [-0.2, -0.15) is 0 Å². The number of hydrogen-bond donors (Lipinski definition) is 1. The van der Waals surface area contributed by atoms with Crippen LogP contribution in [-0.2, 0) is 4.79 Å². The Kier molecular flexibility index (Phi) is 3.68. The molecule has 0 heterocycles. The third-order valence-corrected chi connectivity index (χ3v) is 2.73. The highest BCUT2D eigenvalue weighted by atomic mass is 19.1. The van der Waals surface area contributed by atoms with Crippen LogP contribution < -0.4 is 5.73 Å². The van der Waals surface area contributed by atoms with Crippen molar-refractivity contribution in [2.45, 2.75) is 33.1 Å². The first-order chi connectivity index (χ1) is 7.32. The Morgan fingerprint density at radius 2 is 1.94 bits per heavy atom. The van der Waals surface area contributed by atoms with Gasteiger partial charge in [-0.25, -0.2) is 4.39 Å². The number of halogens is 1. The molecule has 1 amide bonds. The molecule has 0 aromatic heterocycles. The molecule has 1 rings (SSSR count). The Morgan fingerprint density at radius 1 is 1.38 bits per heavy atom. The summed E-state index contributed by atoms with van der Waals surface area (Å²) in [6.45, 7) is 5.94. The largest absolute Gasteiger partial charge is 0.370 e. The average molecular weight is 223 g/mol. The minimum Gasteiger partial charge on any atom is -0.370 e. The Hall–Kier alpha value is -1.38. The molecule has 3 heteroatoms. The Balaban J connectivity index is 3.12. The monoisotopic (exact) mass is 223 g/mol. The van der Waals surface area contributed by atoms with Gasteiger partial charge < -0.3 is 5.73 Å². The van der Waals surface area contributed by atoms with E-state index in [0.717, 1.165) is 0 Å². The second kappa shape index (κ2) is 4.64. The number of rotatable bonds is 3. The normalized spacial score (nSPS) is 13.5. The average Bonchev–Trinajstić information content (AvgIpc) is 2.13. The molecule has 1 atom stereocenters. The fourth-order valence-electron chi connectivity index (χ4n) is 1.84. The Bertz CT molecular complexity index is 382. The van der Waals surface area contributed by atoms with Crippen molar-refractivity contribution >= 4 is 5.91 Å². The lowest BCUT2D eigenvalue weighted by molar-refractivity contribution is -0.118. The van der Waals surface area contributed by atoms with E-state index in [1.807, 2.05) is 20.8 Å². The summed E-state index contributed by atoms with van der Waals surface area (Å²) >= 11 is 0. The molecule has 0 aliphatic carbocycles. The molecule has 1 aromatic carbocycles. The summed E-state index contributed by atoms with van der Waals surface area (Å²) in [4.78, 5) is 11.0. The second-order valence-electron chi connectivity index (χ2n) is 5.11. The van der Waals surface area contributed by atoms with Gasteiger partial charge in [0.1, 0.15) is 5.82 Å². The molecule has 0 saturated carbocycles. The lowest BCUT2D eigenvalue weighted by Crippen LogP contribution is -2.25. The lowest BCUT2D eigenvalue weighted by atomic mass is 9.74. The third kappa shape index (κ3) is 3.05. The number of hydrogen-bond acceptors (Lipinski definition) is 1. The fraction of sp³-hybridized carbons (Fsp3) is 0.462. The highest BCUT2D eigenvalue weighted by Gasteiger charge is 2.29. The predicted molar refractivity (Wildman–Crippen MR) is 62.4 cm³/mol. The summed E-state index contributed by atoms with van der Waals surface area (Å²) in [5, 5.41) is 0. The SMILES string of the molecule is CC(C)(C)C(CC(N)=O)c1ccccc1F. The zero-order chi connectivity index (χ0) is 12.3. The van der Waals surface area contributed by atoms with Crippen LogP contribution in [0, 0.1) is 11.2 Å². The van der Waals surface area contributed by atoms with Gasteiger partial charge in [-0.15, -0.1) is 0 Å². The van der Waals surface area contributed by atoms with E-state index in [2.05, 4.69) is 0 Å². The molecule has 16 heavy (non-hydrogen) atoms. The van der Waals surface area contributed by atoms with Crippen molar-refractivity contribution in [1.82, 2.24) is 0 Å². The van der Waals surface area contributed by atoms with Gasteiger partial charge in [-0.3, -0.25) is 4.79 Å². The van der Waals surface area contributed by atoms with Gasteiger partial charge in [0.2, 0.25) is 5.91 Å². The lowest BCUT2D eigenvalue weighted by Gasteiger charge is -2.30. The first kappa shape index (κ1) is 12.7. The van der Waals surface area contributed by atoms with Crippen molar-refractivity contribution in [2.24, 2.45) is 11.1 Å². The van der Waals surface area contributed by atoms with E-state index in [1.165, 1.54) is 6.07 Å². The van der Waals surface area contributed by atoms with Crippen molar-refractivity contribution in [3.63, 3.8) is 0 Å². The van der Waals surface area contributed by atoms with Crippen molar-refractivity contribution in [1.29, 1.82) is 0 Å². The molecule has 0 aliphatic rings. The molecule has 1 aromatic rings. The van der Waals surface area contributed by atoms with E-state index in [0.29, 0.717) is 5.56 Å². The second-order valence-corrected chi connectivity index (χ2v) is 5.11. The minimum atomic E-state index is -0.400. The topological polar surface area (TPSA) is 43.1 Å². The van der Waals surface area contributed by atoms with E-state index in [-0.39, 0.29) is 23.6 Å². The Labute approximate surface area is 95.7 Å². The summed E-state index contributed by atoms with van der Waals surface area (Å²) in [6.07, 6.45) is 0.171. The maximum Gasteiger partial charge on any atom is 0.218 e. The maximum atomic E-state index is 13.7. The van der Waals surface area contributed by atoms with Gasteiger partial charge in [0.15, 0.2) is 0 Å². The third-order valence-electron chi connectivity index (χ3n) is 2.73. The number of carbonyl (C=O) groups is 1. The fourth-order valence-corrected chi connectivity index (χ4v) is 1.84. The number of carbonyl (C=O) groups excluding carboxylic acids is 1. The molecular formula is C13H18FNO. The highest BCUT2D eigenvalue weighted by molar-refractivity contribution is 5.75. The van der Waals surface area contributed by atoms with Crippen LogP contribution in [0.2, 0.25) is 0 Å². The summed E-state index contributed by atoms with van der Waals surface area (Å²) < 4.78 is 13.7. The van der Waals surface area contributed by atoms with Crippen molar-refractivity contribution in [3.8, 4) is 0 Å². The van der Waals surface area contributed by atoms with E-state index >= 15 is 0 Å². The van der Waals surface area contributed by atoms with Crippen LogP contribution in [0.3, 0.4) is 0 Å². The summed E-state index contributed by atoms with van der Waals surface area (Å²) in [5.74, 6) is -0.863. The van der Waals surface area contributed by atoms with Crippen molar-refractivity contribution in [3.05, 3.63) is 35.6 Å². The van der Waals surface area contributed by atoms with E-state index in [1.54, 1.807) is 18.2 Å². The van der Waals surface area contributed by atoms with Gasteiger partial charge in [-0.05, 0) is 17.0 Å². The van der Waals surface area contributed by atoms with E-state index in [4.69, 9.17) is 5.73 Å². The number of benzene rings is 1. The standard InChI is InChI=1S/C13H18FNO/c1-13(2,3)10(8-12(15)16)9-6-4-5-7-11(9)14/h4-7,10H,8H2,1-3H3,(H2,15,16). The molecule has 0 fully saturated rings. The first-order valence-electron chi connectivity index (χ1n) is 5.35. The van der Waals surface area contributed by atoms with Gasteiger partial charge in [-0.1, -0.05) is 39.0 Å². The van der Waals surface area contributed by atoms with E-state index in [9.17, 15) is 9.18 Å². The molecule has 0 spiro atoms. The minimum absolute atomic E-state index is 0.171. The van der Waals surface area contributed by atoms with Crippen molar-refractivity contribution in [2.75, 3.05) is 0 Å². The maximum absolute atomic E-state index is 13.7. The molecular weight excluding hydrogens is 205 g/mol. The Morgan fingerprint density at radius 3 is 2.38 bits per heavy atom. The van der Waals surface area contributed by atoms with Crippen LogP contribution in [0.15, 0.2) is 24.3 Å². The van der Waals surface area contributed by atoms with Crippen LogP contribution in [0.25, 0.3) is 0 Å². The molecule has 1 unspecified atom stereocenters. The summed E-state index contributed by atoms with van der Waals surface area (Å²) in [6, 6.07) is 6.55. The van der Waals surface area contributed by atoms with Gasteiger partial charge in [0.05, 0.1) is 0 Å². The van der Waals surface area contributed by atoms with E-state index < -0.39 is 5.91 Å². The van der Waals surface area contributed by atoms with Crippen LogP contribution in [-0.4, -0.2) is 5.91 Å². The zero-order valence-corrected chi connectivity index (χ0v) is 9.96. The molecule has 2 N–H and O–H groups in total. The zero-order valence-electron chi connectivity index (χ0n) is 9.96. The molecule has 88 valence electrons. The molecule has 2 nitrogen and oxygen atoms in total. The summed E-state index contributed by atoms with van der Waals surface area (Å²) in [7, 11) is 0. The number of primary amides is 1. The predicted octanol–water partition coefficient (Wildman–Crippen LogP) is 2.83. The molecule has 0 aliphatic heterocycles. The number of nitrogens with two attached hydrogens (primary N) is 1. The van der Waals surface area contributed by atoms with Crippen LogP contribution >= 0.6 is 0 Å². The van der Waals surface area contributed by atoms with Gasteiger partial charge in [0, 0.05) is 12.3 Å². The molecule has 0 bridgehead atoms. The van der Waals surface area contributed by atoms with Crippen LogP contribution in [0.4, 0.5) is 4.39 Å². The first-order valence-corrected chi connectivity index (χ1v) is 5.35. The quantitative estimate of drug-likeness (QED) is 0.841. The molecule has 0 saturated heterocycles. The van der Waals surface area contributed by atoms with Crippen LogP contribution in [0.1, 0.15) is 38.7 Å². The van der Waals surface area contributed by atoms with Gasteiger partial charge in [0.25, 0.3) is 0 Å². The smallest absolute Gasteiger partial charge is 0.218 e. The van der Waals surface area contributed by atoms with Gasteiger partial charge >= 0.3 is 0 Å². The summed E-state index contributed by atoms with van der Waals surface area (Å²) in [5.41, 5.74) is 5.58. The number of amides is 1. The highest BCUT2D eigenvalue weighted by Crippen LogP contribution is 2.38. The molecule has 0 radical (unpaired) electrons. The van der Waals surface area contributed by atoms with Crippen LogP contribution in [0.5, 0.6) is 0 Å². The van der Waals surface area contributed by atoms with Crippen molar-refractivity contribution < 1.29 is 9.18 Å².